The van der Waals surface area contributed by atoms with Crippen molar-refractivity contribution in [2.75, 3.05) is 6.54 Å². The number of fused-ring (bicyclic) bond motifs is 1. The maximum atomic E-state index is 15.2. The van der Waals surface area contributed by atoms with Crippen molar-refractivity contribution in [2.45, 2.75) is 38.3 Å². The van der Waals surface area contributed by atoms with E-state index in [2.05, 4.69) is 5.16 Å². The predicted molar refractivity (Wildman–Crippen MR) is 132 cm³/mol. The number of nitrogens with one attached hydrogen (secondary N) is 1. The number of hydrogen-bond donors (Lipinski definition) is 3. The molecule has 0 spiro atoms. The van der Waals surface area contributed by atoms with Gasteiger partial charge in [0.25, 0.3) is 0 Å². The summed E-state index contributed by atoms with van der Waals surface area (Å²) >= 11 is 6.58. The van der Waals surface area contributed by atoms with Gasteiger partial charge in [0.15, 0.2) is 0 Å². The average Bonchev–Trinajstić information content (AvgIpc) is 3.66. The third kappa shape index (κ3) is 5.26. The summed E-state index contributed by atoms with van der Waals surface area (Å²) in [5.41, 5.74) is 5.70. The highest BCUT2D eigenvalue weighted by molar-refractivity contribution is 6.39. The normalized spacial score (nSPS) is 13.7. The molecule has 0 bridgehead atoms. The SMILES string of the molecule is N=C(CC(CCN)=NOCc1ccccc1)c1c(F)cc2c(=O)c(C(=O)O)cn(C3CC3)c2c1Cl. The summed E-state index contributed by atoms with van der Waals surface area (Å²) < 4.78 is 16.8. The maximum absolute atomic E-state index is 15.2. The van der Waals surface area contributed by atoms with Gasteiger partial charge in [-0.15, -0.1) is 0 Å². The van der Waals surface area contributed by atoms with E-state index in [0.29, 0.717) is 12.1 Å². The van der Waals surface area contributed by atoms with Crippen LogP contribution in [0.5, 0.6) is 0 Å². The van der Waals surface area contributed by atoms with Gasteiger partial charge < -0.3 is 25.7 Å². The second kappa shape index (κ2) is 10.4. The summed E-state index contributed by atoms with van der Waals surface area (Å²) in [5, 5.41) is 21.9. The van der Waals surface area contributed by atoms with Crippen LogP contribution in [0.3, 0.4) is 0 Å². The van der Waals surface area contributed by atoms with Crippen molar-refractivity contribution >= 4 is 39.9 Å². The Kier molecular flexibility index (Phi) is 7.28. The number of aromatic nitrogens is 1. The number of carboxylic acid groups (broad SMARTS) is 1. The maximum Gasteiger partial charge on any atom is 0.341 e. The molecule has 0 amide bonds. The lowest BCUT2D eigenvalue weighted by atomic mass is 9.99. The van der Waals surface area contributed by atoms with Crippen molar-refractivity contribution in [3.63, 3.8) is 0 Å². The number of pyridine rings is 1. The molecule has 0 radical (unpaired) electrons. The van der Waals surface area contributed by atoms with Crippen LogP contribution in [-0.4, -0.2) is 33.6 Å². The Morgan fingerprint density at radius 3 is 2.66 bits per heavy atom. The monoisotopic (exact) mass is 498 g/mol. The summed E-state index contributed by atoms with van der Waals surface area (Å²) in [6.45, 7) is 0.487. The molecule has 2 aromatic carbocycles. The number of oxime groups is 1. The zero-order valence-corrected chi connectivity index (χ0v) is 19.5. The molecule has 1 fully saturated rings. The van der Waals surface area contributed by atoms with Crippen LogP contribution in [0.1, 0.15) is 53.2 Å². The largest absolute Gasteiger partial charge is 0.477 e. The third-order valence-corrected chi connectivity index (χ3v) is 6.13. The van der Waals surface area contributed by atoms with E-state index in [4.69, 9.17) is 27.6 Å². The molecule has 3 aromatic rings. The van der Waals surface area contributed by atoms with Crippen molar-refractivity contribution in [1.82, 2.24) is 4.57 Å². The van der Waals surface area contributed by atoms with Crippen molar-refractivity contribution in [3.8, 4) is 0 Å². The number of rotatable bonds is 10. The van der Waals surface area contributed by atoms with E-state index in [1.165, 1.54) is 6.20 Å². The molecule has 1 aromatic heterocycles. The van der Waals surface area contributed by atoms with Crippen molar-refractivity contribution in [1.29, 1.82) is 5.41 Å². The highest BCUT2D eigenvalue weighted by Crippen LogP contribution is 2.40. The second-order valence-electron chi connectivity index (χ2n) is 8.37. The van der Waals surface area contributed by atoms with Gasteiger partial charge in [-0.2, -0.15) is 0 Å². The number of carbonyl (C=O) groups is 1. The summed E-state index contributed by atoms with van der Waals surface area (Å²) in [4.78, 5) is 29.7. The fraction of sp³-hybridized carbons (Fsp3) is 0.280. The Bertz CT molecular complexity index is 1380. The Morgan fingerprint density at radius 2 is 2.03 bits per heavy atom. The predicted octanol–water partition coefficient (Wildman–Crippen LogP) is 4.51. The average molecular weight is 499 g/mol. The molecular weight excluding hydrogens is 475 g/mol. The van der Waals surface area contributed by atoms with Gasteiger partial charge in [0.05, 0.1) is 27.2 Å². The Morgan fingerprint density at radius 1 is 1.31 bits per heavy atom. The molecule has 4 N–H and O–H groups in total. The number of hydrogen-bond acceptors (Lipinski definition) is 6. The quantitative estimate of drug-likeness (QED) is 0.279. The molecule has 0 aliphatic heterocycles. The minimum absolute atomic E-state index is 0.0399. The van der Waals surface area contributed by atoms with Gasteiger partial charge in [0, 0.05) is 30.8 Å². The highest BCUT2D eigenvalue weighted by atomic mass is 35.5. The lowest BCUT2D eigenvalue weighted by Gasteiger charge is -2.17. The zero-order valence-electron chi connectivity index (χ0n) is 18.8. The van der Waals surface area contributed by atoms with Gasteiger partial charge in [-0.1, -0.05) is 47.1 Å². The molecule has 10 heteroatoms. The highest BCUT2D eigenvalue weighted by Gasteiger charge is 2.30. The lowest BCUT2D eigenvalue weighted by molar-refractivity contribution is 0.0695. The first-order valence-electron chi connectivity index (χ1n) is 11.1. The van der Waals surface area contributed by atoms with E-state index in [0.717, 1.165) is 24.5 Å². The van der Waals surface area contributed by atoms with Crippen LogP contribution < -0.4 is 11.2 Å². The topological polar surface area (TPSA) is 131 Å². The molecule has 1 saturated carbocycles. The van der Waals surface area contributed by atoms with Gasteiger partial charge in [0.2, 0.25) is 5.43 Å². The molecule has 182 valence electrons. The van der Waals surface area contributed by atoms with E-state index in [9.17, 15) is 14.7 Å². The fourth-order valence-electron chi connectivity index (χ4n) is 3.91. The summed E-state index contributed by atoms with van der Waals surface area (Å²) in [5.74, 6) is -2.27. The fourth-order valence-corrected chi connectivity index (χ4v) is 4.31. The van der Waals surface area contributed by atoms with Crippen LogP contribution >= 0.6 is 11.6 Å². The van der Waals surface area contributed by atoms with Crippen LogP contribution in [0.25, 0.3) is 10.9 Å². The van der Waals surface area contributed by atoms with E-state index < -0.39 is 22.8 Å². The molecule has 0 saturated heterocycles. The first-order chi connectivity index (χ1) is 16.8. The Balaban J connectivity index is 1.69. The summed E-state index contributed by atoms with van der Waals surface area (Å²) in [6.07, 6.45) is 3.08. The molecular formula is C25H24ClFN4O4. The smallest absolute Gasteiger partial charge is 0.341 e. The van der Waals surface area contributed by atoms with Gasteiger partial charge in [-0.05, 0) is 31.0 Å². The van der Waals surface area contributed by atoms with Crippen LogP contribution in [-0.2, 0) is 11.4 Å². The van der Waals surface area contributed by atoms with Gasteiger partial charge >= 0.3 is 5.97 Å². The molecule has 0 atom stereocenters. The van der Waals surface area contributed by atoms with E-state index in [1.807, 2.05) is 30.3 Å². The van der Waals surface area contributed by atoms with Crippen molar-refractivity contribution in [2.24, 2.45) is 10.9 Å². The first kappa shape index (κ1) is 24.6. The zero-order chi connectivity index (χ0) is 25.1. The second-order valence-corrected chi connectivity index (χ2v) is 8.75. The number of nitrogens with two attached hydrogens (primary N) is 1. The van der Waals surface area contributed by atoms with E-state index in [-0.39, 0.29) is 52.8 Å². The van der Waals surface area contributed by atoms with Gasteiger partial charge in [-0.3, -0.25) is 4.79 Å². The first-order valence-corrected chi connectivity index (χ1v) is 11.5. The number of nitrogens with zero attached hydrogens (tertiary/aromatic N) is 2. The number of halogens is 2. The molecule has 0 unspecified atom stereocenters. The Labute approximate surface area is 205 Å². The van der Waals surface area contributed by atoms with E-state index in [1.54, 1.807) is 4.57 Å². The van der Waals surface area contributed by atoms with Gasteiger partial charge in [0.1, 0.15) is 18.0 Å². The number of benzene rings is 2. The summed E-state index contributed by atoms with van der Waals surface area (Å²) in [7, 11) is 0. The minimum atomic E-state index is -1.39. The van der Waals surface area contributed by atoms with E-state index >= 15 is 4.39 Å². The lowest BCUT2D eigenvalue weighted by Crippen LogP contribution is -2.20. The molecule has 1 aliphatic carbocycles. The third-order valence-electron chi connectivity index (χ3n) is 5.76. The molecule has 1 heterocycles. The number of aromatic carboxylic acids is 1. The van der Waals surface area contributed by atoms with Crippen LogP contribution in [0, 0.1) is 11.2 Å². The van der Waals surface area contributed by atoms with Crippen molar-refractivity contribution in [3.05, 3.63) is 80.3 Å². The Hall–Kier alpha value is -3.56. The van der Waals surface area contributed by atoms with Crippen molar-refractivity contribution < 1.29 is 19.1 Å². The molecule has 35 heavy (non-hydrogen) atoms. The van der Waals surface area contributed by atoms with Crippen LogP contribution in [0.2, 0.25) is 5.02 Å². The van der Waals surface area contributed by atoms with Crippen LogP contribution in [0.15, 0.2) is 52.5 Å². The molecule has 4 rings (SSSR count). The van der Waals surface area contributed by atoms with Gasteiger partial charge in [-0.25, -0.2) is 9.18 Å². The number of carboxylic acids is 1. The minimum Gasteiger partial charge on any atom is -0.477 e. The molecule has 8 nitrogen and oxygen atoms in total. The van der Waals surface area contributed by atoms with Crippen LogP contribution in [0.4, 0.5) is 4.39 Å². The standard InChI is InChI=1S/C25H24ClFN4O4/c26-22-21(20(29)10-15(8-9-28)30-35-13-14-4-2-1-3-5-14)19(27)11-17-23(22)31(16-6-7-16)12-18(24(17)32)25(33)34/h1-5,11-12,16,29H,6-10,13,28H2,(H,33,34). The summed E-state index contributed by atoms with van der Waals surface area (Å²) in [6, 6.07) is 10.3. The molecule has 1 aliphatic rings.